The Morgan fingerprint density at radius 2 is 0.569 bits per heavy atom. The maximum atomic E-state index is 12.8. The van der Waals surface area contributed by atoms with Crippen molar-refractivity contribution in [2.75, 3.05) is 13.2 Å². The first kappa shape index (κ1) is 67.5. The monoisotopic (exact) mass is 995 g/mol. The molecule has 0 heterocycles. The second-order valence-corrected chi connectivity index (χ2v) is 18.8. The van der Waals surface area contributed by atoms with Gasteiger partial charge in [-0.05, 0) is 135 Å². The maximum absolute atomic E-state index is 12.8. The fraction of sp³-hybridized carbons (Fsp3) is 0.621. The molecule has 0 aliphatic carbocycles. The van der Waals surface area contributed by atoms with Crippen molar-refractivity contribution in [1.29, 1.82) is 0 Å². The summed E-state index contributed by atoms with van der Waals surface area (Å²) in [5.41, 5.74) is 0. The molecule has 1 unspecified atom stereocenters. The number of carbonyl (C=O) groups is 3. The summed E-state index contributed by atoms with van der Waals surface area (Å²) in [6, 6.07) is 0. The van der Waals surface area contributed by atoms with Crippen LogP contribution >= 0.6 is 0 Å². The Bertz CT molecular complexity index is 1560. The van der Waals surface area contributed by atoms with E-state index in [1.165, 1.54) is 51.4 Å². The van der Waals surface area contributed by atoms with Gasteiger partial charge in [0.15, 0.2) is 6.10 Å². The highest BCUT2D eigenvalue weighted by Gasteiger charge is 2.19. The number of hydrogen-bond donors (Lipinski definition) is 0. The zero-order chi connectivity index (χ0) is 52.2. The van der Waals surface area contributed by atoms with E-state index in [1.807, 2.05) is 0 Å². The molecule has 0 aromatic rings. The van der Waals surface area contributed by atoms with Gasteiger partial charge in [0.05, 0.1) is 0 Å². The van der Waals surface area contributed by atoms with Crippen LogP contribution in [0.4, 0.5) is 0 Å². The Balaban J connectivity index is 4.44. The lowest BCUT2D eigenvalue weighted by Crippen LogP contribution is -2.30. The molecule has 0 aliphatic rings. The minimum absolute atomic E-state index is 0.106. The van der Waals surface area contributed by atoms with Crippen LogP contribution in [-0.2, 0) is 28.6 Å². The minimum atomic E-state index is -0.811. The van der Waals surface area contributed by atoms with E-state index >= 15 is 0 Å². The molecule has 0 saturated carbocycles. The maximum Gasteiger partial charge on any atom is 0.306 e. The van der Waals surface area contributed by atoms with Crippen LogP contribution in [0.3, 0.4) is 0 Å². The molecular weight excluding hydrogens is 889 g/mol. The van der Waals surface area contributed by atoms with Crippen LogP contribution < -0.4 is 0 Å². The number of hydrogen-bond acceptors (Lipinski definition) is 6. The molecule has 406 valence electrons. The van der Waals surface area contributed by atoms with E-state index in [0.29, 0.717) is 25.7 Å². The van der Waals surface area contributed by atoms with Gasteiger partial charge in [0.2, 0.25) is 0 Å². The van der Waals surface area contributed by atoms with E-state index in [0.717, 1.165) is 148 Å². The molecule has 6 nitrogen and oxygen atoms in total. The molecule has 0 spiro atoms. The predicted molar refractivity (Wildman–Crippen MR) is 311 cm³/mol. The van der Waals surface area contributed by atoms with Gasteiger partial charge in [-0.3, -0.25) is 14.4 Å². The van der Waals surface area contributed by atoms with Crippen LogP contribution in [0.25, 0.3) is 0 Å². The van der Waals surface area contributed by atoms with Crippen molar-refractivity contribution >= 4 is 17.9 Å². The first-order chi connectivity index (χ1) is 35.5. The van der Waals surface area contributed by atoms with Gasteiger partial charge in [0, 0.05) is 19.3 Å². The second-order valence-electron chi connectivity index (χ2n) is 18.8. The summed E-state index contributed by atoms with van der Waals surface area (Å²) in [6.45, 7) is 6.38. The Hall–Kier alpha value is -4.45. The highest BCUT2D eigenvalue weighted by molar-refractivity contribution is 5.71. The quantitative estimate of drug-likeness (QED) is 0.0261. The summed E-state index contributed by atoms with van der Waals surface area (Å²) in [5.74, 6) is -0.978. The number of esters is 3. The molecule has 0 aromatic heterocycles. The van der Waals surface area contributed by atoms with Crippen molar-refractivity contribution in [3.05, 3.63) is 134 Å². The molecule has 72 heavy (non-hydrogen) atoms. The molecule has 6 heteroatoms. The zero-order valence-corrected chi connectivity index (χ0v) is 46.4. The molecule has 0 bridgehead atoms. The average Bonchev–Trinajstić information content (AvgIpc) is 3.38. The number of unbranched alkanes of at least 4 members (excludes halogenated alkanes) is 18. The summed E-state index contributed by atoms with van der Waals surface area (Å²) in [7, 11) is 0. The third kappa shape index (κ3) is 56.5. The van der Waals surface area contributed by atoms with Crippen molar-refractivity contribution in [2.45, 2.75) is 252 Å². The van der Waals surface area contributed by atoms with Crippen LogP contribution in [0.15, 0.2) is 134 Å². The van der Waals surface area contributed by atoms with Crippen molar-refractivity contribution in [2.24, 2.45) is 0 Å². The lowest BCUT2D eigenvalue weighted by Gasteiger charge is -2.18. The van der Waals surface area contributed by atoms with E-state index in [9.17, 15) is 14.4 Å². The fourth-order valence-electron chi connectivity index (χ4n) is 7.49. The van der Waals surface area contributed by atoms with Gasteiger partial charge >= 0.3 is 17.9 Å². The first-order valence-electron chi connectivity index (χ1n) is 29.2. The first-order valence-corrected chi connectivity index (χ1v) is 29.2. The zero-order valence-electron chi connectivity index (χ0n) is 46.4. The van der Waals surface area contributed by atoms with Crippen molar-refractivity contribution in [1.82, 2.24) is 0 Å². The molecule has 0 N–H and O–H groups in total. The average molecular weight is 996 g/mol. The van der Waals surface area contributed by atoms with Gasteiger partial charge in [-0.1, -0.05) is 225 Å². The SMILES string of the molecule is CC/C=C\C/C=C\C/C=C\C/C=C\C/C=C\C/C=C\C/C=C\C/C=C\CCCCC(=O)OCC(COC(=O)CCCCCCC/C=C\C/C=C\CCC)OC(=O)CCCCCCC/C=C\CCCCCCC. The van der Waals surface area contributed by atoms with Crippen LogP contribution in [0.5, 0.6) is 0 Å². The molecule has 0 saturated heterocycles. The molecular formula is C66H106O6. The Morgan fingerprint density at radius 1 is 0.292 bits per heavy atom. The largest absolute Gasteiger partial charge is 0.462 e. The Morgan fingerprint density at radius 3 is 0.944 bits per heavy atom. The van der Waals surface area contributed by atoms with E-state index in [1.54, 1.807) is 0 Å². The molecule has 1 atom stereocenters. The van der Waals surface area contributed by atoms with Crippen LogP contribution in [0.2, 0.25) is 0 Å². The number of allylic oxidation sites excluding steroid dienone is 22. The Kier molecular flexibility index (Phi) is 55.5. The Labute approximate surface area is 443 Å². The van der Waals surface area contributed by atoms with Crippen molar-refractivity contribution in [3.8, 4) is 0 Å². The summed E-state index contributed by atoms with van der Waals surface area (Å²) in [6.07, 6.45) is 83.0. The van der Waals surface area contributed by atoms with Crippen molar-refractivity contribution in [3.63, 3.8) is 0 Å². The predicted octanol–water partition coefficient (Wildman–Crippen LogP) is 19.8. The smallest absolute Gasteiger partial charge is 0.306 e. The highest BCUT2D eigenvalue weighted by Crippen LogP contribution is 2.13. The lowest BCUT2D eigenvalue weighted by atomic mass is 10.1. The minimum Gasteiger partial charge on any atom is -0.462 e. The van der Waals surface area contributed by atoms with Crippen LogP contribution in [0, 0.1) is 0 Å². The van der Waals surface area contributed by atoms with Gasteiger partial charge in [-0.2, -0.15) is 0 Å². The number of ether oxygens (including phenoxy) is 3. The molecule has 0 amide bonds. The molecule has 0 rings (SSSR count). The van der Waals surface area contributed by atoms with Gasteiger partial charge in [0.25, 0.3) is 0 Å². The lowest BCUT2D eigenvalue weighted by molar-refractivity contribution is -0.167. The number of rotatable bonds is 51. The van der Waals surface area contributed by atoms with Gasteiger partial charge in [-0.15, -0.1) is 0 Å². The third-order valence-electron chi connectivity index (χ3n) is 11.8. The number of carbonyl (C=O) groups excluding carboxylic acids is 3. The van der Waals surface area contributed by atoms with E-state index in [4.69, 9.17) is 14.2 Å². The fourth-order valence-corrected chi connectivity index (χ4v) is 7.49. The summed E-state index contributed by atoms with van der Waals surface area (Å²) >= 11 is 0. The van der Waals surface area contributed by atoms with Crippen LogP contribution in [0.1, 0.15) is 245 Å². The van der Waals surface area contributed by atoms with Gasteiger partial charge < -0.3 is 14.2 Å². The van der Waals surface area contributed by atoms with Crippen LogP contribution in [-0.4, -0.2) is 37.2 Å². The van der Waals surface area contributed by atoms with E-state index in [-0.39, 0.29) is 31.1 Å². The van der Waals surface area contributed by atoms with Crippen molar-refractivity contribution < 1.29 is 28.6 Å². The van der Waals surface area contributed by atoms with E-state index in [2.05, 4.69) is 154 Å². The molecule has 0 radical (unpaired) electrons. The van der Waals surface area contributed by atoms with Gasteiger partial charge in [0.1, 0.15) is 13.2 Å². The summed E-state index contributed by atoms with van der Waals surface area (Å²) in [4.78, 5) is 38.1. The normalized spacial score (nSPS) is 13.1. The third-order valence-corrected chi connectivity index (χ3v) is 11.8. The topological polar surface area (TPSA) is 78.9 Å². The summed E-state index contributed by atoms with van der Waals surface area (Å²) < 4.78 is 16.8. The van der Waals surface area contributed by atoms with E-state index < -0.39 is 6.10 Å². The molecule has 0 aromatic carbocycles. The second kappa shape index (κ2) is 59.1. The molecule has 0 aliphatic heterocycles. The standard InChI is InChI=1S/C66H106O6/c1-4-7-10-13-16-19-22-25-27-28-29-30-31-32-33-34-35-36-37-38-39-42-44-47-50-53-56-59-65(68)71-62-63(61-70-64(67)58-55-52-49-46-43-40-24-21-18-15-12-9-6-3)72-66(69)60-57-54-51-48-45-41-26-23-20-17-14-11-8-5-2/h7,10,12,15-16,19,21,23-27,29-30,32-33,35-36,38-39,44,47,63H,4-6,8-9,11,13-14,17-18,20,22,28,31,34,37,40-43,45-46,48-62H2,1-3H3/b10-7-,15-12-,19-16-,24-21-,26-23-,27-25-,30-29-,33-32-,36-35-,39-38-,47-44-. The molecule has 0 fully saturated rings. The highest BCUT2D eigenvalue weighted by atomic mass is 16.6. The van der Waals surface area contributed by atoms with Gasteiger partial charge in [-0.25, -0.2) is 0 Å². The summed E-state index contributed by atoms with van der Waals surface area (Å²) in [5, 5.41) is 0.